The van der Waals surface area contributed by atoms with Crippen molar-refractivity contribution in [2.75, 3.05) is 6.54 Å². The predicted octanol–water partition coefficient (Wildman–Crippen LogP) is 4.33. The first-order valence-electron chi connectivity index (χ1n) is 7.52. The molecule has 0 radical (unpaired) electrons. The number of ether oxygens (including phenoxy) is 1. The van der Waals surface area contributed by atoms with Gasteiger partial charge in [-0.25, -0.2) is 4.98 Å². The Balaban J connectivity index is 2.39. The van der Waals surface area contributed by atoms with Crippen LogP contribution in [0.25, 0.3) is 0 Å². The molecule has 0 fully saturated rings. The van der Waals surface area contributed by atoms with E-state index >= 15 is 0 Å². The van der Waals surface area contributed by atoms with E-state index in [0.29, 0.717) is 0 Å². The number of rotatable bonds is 7. The van der Waals surface area contributed by atoms with E-state index in [1.807, 2.05) is 17.6 Å². The average Bonchev–Trinajstić information content (AvgIpc) is 2.87. The number of para-hydroxylation sites is 1. The van der Waals surface area contributed by atoms with Gasteiger partial charge in [0.1, 0.15) is 5.75 Å². The Morgan fingerprint density at radius 3 is 2.67 bits per heavy atom. The van der Waals surface area contributed by atoms with Gasteiger partial charge in [-0.05, 0) is 39.8 Å². The van der Waals surface area contributed by atoms with Crippen molar-refractivity contribution >= 4 is 11.3 Å². The highest BCUT2D eigenvalue weighted by molar-refractivity contribution is 7.09. The van der Waals surface area contributed by atoms with E-state index < -0.39 is 0 Å². The van der Waals surface area contributed by atoms with Gasteiger partial charge in [0, 0.05) is 10.4 Å². The Morgan fingerprint density at radius 2 is 2.05 bits per heavy atom. The van der Waals surface area contributed by atoms with Gasteiger partial charge in [-0.3, -0.25) is 0 Å². The van der Waals surface area contributed by atoms with Crippen LogP contribution >= 0.6 is 11.3 Å². The first-order chi connectivity index (χ1) is 10.1. The number of thiazole rings is 1. The smallest absolute Gasteiger partial charge is 0.124 e. The minimum atomic E-state index is 0.146. The van der Waals surface area contributed by atoms with E-state index in [4.69, 9.17) is 4.74 Å². The van der Waals surface area contributed by atoms with Crippen LogP contribution in [0.2, 0.25) is 0 Å². The lowest BCUT2D eigenvalue weighted by atomic mass is 10.0. The first-order valence-corrected chi connectivity index (χ1v) is 8.40. The summed E-state index contributed by atoms with van der Waals surface area (Å²) in [6.45, 7) is 9.34. The molecule has 0 spiro atoms. The summed E-state index contributed by atoms with van der Waals surface area (Å²) >= 11 is 1.70. The SMILES string of the molecule is CCCNC(c1ccccc1OC(C)C)c1scnc1C. The molecule has 21 heavy (non-hydrogen) atoms. The summed E-state index contributed by atoms with van der Waals surface area (Å²) in [5, 5.41) is 3.63. The number of hydrogen-bond donors (Lipinski definition) is 1. The van der Waals surface area contributed by atoms with E-state index in [9.17, 15) is 0 Å². The number of nitrogens with one attached hydrogen (secondary N) is 1. The van der Waals surface area contributed by atoms with Crippen LogP contribution in [0, 0.1) is 6.92 Å². The molecule has 0 amide bonds. The van der Waals surface area contributed by atoms with Crippen molar-refractivity contribution in [3.05, 3.63) is 45.9 Å². The fourth-order valence-corrected chi connectivity index (χ4v) is 3.19. The summed E-state index contributed by atoms with van der Waals surface area (Å²) in [7, 11) is 0. The Hall–Kier alpha value is -1.39. The zero-order chi connectivity index (χ0) is 15.2. The Bertz CT molecular complexity index is 565. The zero-order valence-electron chi connectivity index (χ0n) is 13.2. The number of benzene rings is 1. The second kappa shape index (κ2) is 7.57. The van der Waals surface area contributed by atoms with Crippen molar-refractivity contribution < 1.29 is 4.74 Å². The minimum Gasteiger partial charge on any atom is -0.491 e. The largest absolute Gasteiger partial charge is 0.491 e. The third-order valence-electron chi connectivity index (χ3n) is 3.24. The van der Waals surface area contributed by atoms with Gasteiger partial charge in [-0.2, -0.15) is 0 Å². The van der Waals surface area contributed by atoms with Crippen LogP contribution in [0.1, 0.15) is 49.4 Å². The molecule has 0 saturated heterocycles. The topological polar surface area (TPSA) is 34.1 Å². The molecule has 0 aliphatic carbocycles. The molecule has 3 nitrogen and oxygen atoms in total. The zero-order valence-corrected chi connectivity index (χ0v) is 14.0. The number of aryl methyl sites for hydroxylation is 1. The fourth-order valence-electron chi connectivity index (χ4n) is 2.30. The molecule has 1 atom stereocenters. The number of hydrogen-bond acceptors (Lipinski definition) is 4. The molecule has 2 rings (SSSR count). The highest BCUT2D eigenvalue weighted by Crippen LogP contribution is 2.34. The van der Waals surface area contributed by atoms with Gasteiger partial charge in [0.15, 0.2) is 0 Å². The maximum Gasteiger partial charge on any atom is 0.124 e. The summed E-state index contributed by atoms with van der Waals surface area (Å²) in [6, 6.07) is 8.43. The van der Waals surface area contributed by atoms with Crippen LogP contribution in [0.5, 0.6) is 5.75 Å². The molecule has 0 aliphatic heterocycles. The maximum atomic E-state index is 5.99. The van der Waals surface area contributed by atoms with Crippen molar-refractivity contribution in [3.63, 3.8) is 0 Å². The lowest BCUT2D eigenvalue weighted by Crippen LogP contribution is -2.24. The van der Waals surface area contributed by atoms with Crippen LogP contribution in [-0.2, 0) is 0 Å². The highest BCUT2D eigenvalue weighted by Gasteiger charge is 2.21. The van der Waals surface area contributed by atoms with Gasteiger partial charge in [0.25, 0.3) is 0 Å². The van der Waals surface area contributed by atoms with Crippen molar-refractivity contribution in [2.24, 2.45) is 0 Å². The van der Waals surface area contributed by atoms with E-state index in [1.54, 1.807) is 11.3 Å². The molecule has 114 valence electrons. The number of nitrogens with zero attached hydrogens (tertiary/aromatic N) is 1. The van der Waals surface area contributed by atoms with E-state index in [1.165, 1.54) is 10.4 Å². The monoisotopic (exact) mass is 304 g/mol. The van der Waals surface area contributed by atoms with Crippen molar-refractivity contribution in [1.29, 1.82) is 0 Å². The molecule has 1 heterocycles. The van der Waals surface area contributed by atoms with E-state index in [-0.39, 0.29) is 12.1 Å². The molecule has 4 heteroatoms. The molecule has 1 unspecified atom stereocenters. The fraction of sp³-hybridized carbons (Fsp3) is 0.471. The van der Waals surface area contributed by atoms with Gasteiger partial charge in [-0.1, -0.05) is 25.1 Å². The van der Waals surface area contributed by atoms with Crippen LogP contribution < -0.4 is 10.1 Å². The third kappa shape index (κ3) is 4.05. The summed E-state index contributed by atoms with van der Waals surface area (Å²) in [6.07, 6.45) is 1.27. The standard InChI is InChI=1S/C17H24N2OS/c1-5-10-18-16(17-13(4)19-11-21-17)14-8-6-7-9-15(14)20-12(2)3/h6-9,11-12,16,18H,5,10H2,1-4H3. The normalized spacial score (nSPS) is 12.6. The molecule has 1 aromatic heterocycles. The second-order valence-corrected chi connectivity index (χ2v) is 6.28. The van der Waals surface area contributed by atoms with Crippen LogP contribution in [0.3, 0.4) is 0 Å². The summed E-state index contributed by atoms with van der Waals surface area (Å²) in [5.74, 6) is 0.953. The Labute approximate surface area is 131 Å². The van der Waals surface area contributed by atoms with Crippen LogP contribution in [0.4, 0.5) is 0 Å². The van der Waals surface area contributed by atoms with E-state index in [2.05, 4.69) is 50.1 Å². The lowest BCUT2D eigenvalue weighted by molar-refractivity contribution is 0.238. The molecule has 0 aliphatic rings. The van der Waals surface area contributed by atoms with Gasteiger partial charge in [0.05, 0.1) is 23.4 Å². The van der Waals surface area contributed by atoms with E-state index in [0.717, 1.165) is 24.4 Å². The van der Waals surface area contributed by atoms with Gasteiger partial charge < -0.3 is 10.1 Å². The van der Waals surface area contributed by atoms with Gasteiger partial charge in [0.2, 0.25) is 0 Å². The summed E-state index contributed by atoms with van der Waals surface area (Å²) < 4.78 is 5.99. The molecule has 0 saturated carbocycles. The van der Waals surface area contributed by atoms with Crippen molar-refractivity contribution in [1.82, 2.24) is 10.3 Å². The first kappa shape index (κ1) is 16.0. The van der Waals surface area contributed by atoms with Crippen molar-refractivity contribution in [3.8, 4) is 5.75 Å². The minimum absolute atomic E-state index is 0.146. The molecular weight excluding hydrogens is 280 g/mol. The van der Waals surface area contributed by atoms with Crippen molar-refractivity contribution in [2.45, 2.75) is 46.3 Å². The Morgan fingerprint density at radius 1 is 1.29 bits per heavy atom. The molecule has 1 aromatic carbocycles. The molecule has 1 N–H and O–H groups in total. The maximum absolute atomic E-state index is 5.99. The van der Waals surface area contributed by atoms with Crippen LogP contribution in [0.15, 0.2) is 29.8 Å². The van der Waals surface area contributed by atoms with Gasteiger partial charge in [-0.15, -0.1) is 11.3 Å². The van der Waals surface area contributed by atoms with Crippen LogP contribution in [-0.4, -0.2) is 17.6 Å². The summed E-state index contributed by atoms with van der Waals surface area (Å²) in [4.78, 5) is 5.67. The third-order valence-corrected chi connectivity index (χ3v) is 4.23. The molecule has 0 bridgehead atoms. The predicted molar refractivity (Wildman–Crippen MR) is 89.2 cm³/mol. The molecule has 2 aromatic rings. The quantitative estimate of drug-likeness (QED) is 0.827. The Kier molecular flexibility index (Phi) is 5.76. The number of aromatic nitrogens is 1. The second-order valence-electron chi connectivity index (χ2n) is 5.39. The van der Waals surface area contributed by atoms with Gasteiger partial charge >= 0.3 is 0 Å². The lowest BCUT2D eigenvalue weighted by Gasteiger charge is -2.22. The highest BCUT2D eigenvalue weighted by atomic mass is 32.1. The summed E-state index contributed by atoms with van der Waals surface area (Å²) in [5.41, 5.74) is 4.19. The average molecular weight is 304 g/mol. The molecular formula is C17H24N2OS.